The first kappa shape index (κ1) is 17.4. The van der Waals surface area contributed by atoms with E-state index in [4.69, 9.17) is 0 Å². The summed E-state index contributed by atoms with van der Waals surface area (Å²) in [5.74, 6) is -0.542. The number of hydrogen-bond acceptors (Lipinski definition) is 3. The first-order valence-corrected chi connectivity index (χ1v) is 7.62. The molecule has 0 unspecified atom stereocenters. The van der Waals surface area contributed by atoms with Gasteiger partial charge in [0.25, 0.3) is 0 Å². The van der Waals surface area contributed by atoms with Gasteiger partial charge in [0.1, 0.15) is 6.54 Å². The van der Waals surface area contributed by atoms with Crippen LogP contribution in [0.3, 0.4) is 0 Å². The van der Waals surface area contributed by atoms with E-state index in [0.29, 0.717) is 16.9 Å². The van der Waals surface area contributed by atoms with E-state index in [9.17, 15) is 14.4 Å². The highest BCUT2D eigenvalue weighted by atomic mass is 16.2. The quantitative estimate of drug-likeness (QED) is 0.859. The lowest BCUT2D eigenvalue weighted by atomic mass is 10.1. The molecule has 0 saturated heterocycles. The Hall–Kier alpha value is -2.95. The predicted molar refractivity (Wildman–Crippen MR) is 94.3 cm³/mol. The average Bonchev–Trinajstić information content (AvgIpc) is 2.52. The second-order valence-electron chi connectivity index (χ2n) is 5.63. The van der Waals surface area contributed by atoms with Crippen molar-refractivity contribution in [3.8, 4) is 0 Å². The molecule has 2 rings (SSSR count). The van der Waals surface area contributed by atoms with E-state index in [1.807, 2.05) is 25.1 Å². The van der Waals surface area contributed by atoms with Crippen LogP contribution in [0.5, 0.6) is 0 Å². The van der Waals surface area contributed by atoms with Gasteiger partial charge in [-0.1, -0.05) is 12.1 Å². The third-order valence-corrected chi connectivity index (χ3v) is 3.57. The largest absolute Gasteiger partial charge is 0.325 e. The molecule has 0 saturated carbocycles. The molecule has 0 heterocycles. The van der Waals surface area contributed by atoms with Crippen molar-refractivity contribution in [2.45, 2.75) is 20.8 Å². The Morgan fingerprint density at radius 3 is 2.21 bits per heavy atom. The minimum absolute atomic E-state index is 0.0323. The molecule has 0 spiro atoms. The van der Waals surface area contributed by atoms with Crippen LogP contribution < -0.4 is 10.2 Å². The molecular weight excluding hydrogens is 304 g/mol. The fourth-order valence-corrected chi connectivity index (χ4v) is 2.31. The lowest BCUT2D eigenvalue weighted by molar-refractivity contribution is -0.120. The second kappa shape index (κ2) is 7.55. The number of carbonyl (C=O) groups is 3. The van der Waals surface area contributed by atoms with Gasteiger partial charge in [-0.25, -0.2) is 0 Å². The molecule has 0 aliphatic rings. The molecule has 0 aromatic heterocycles. The van der Waals surface area contributed by atoms with E-state index in [1.165, 1.54) is 18.7 Å². The minimum atomic E-state index is -0.303. The van der Waals surface area contributed by atoms with Crippen molar-refractivity contribution >= 4 is 29.0 Å². The number of carbonyl (C=O) groups excluding carboxylic acids is 3. The van der Waals surface area contributed by atoms with Gasteiger partial charge in [0.15, 0.2) is 5.78 Å². The number of ketones is 1. The molecule has 0 atom stereocenters. The zero-order chi connectivity index (χ0) is 17.7. The molecule has 124 valence electrons. The topological polar surface area (TPSA) is 66.5 Å². The Morgan fingerprint density at radius 1 is 1.00 bits per heavy atom. The van der Waals surface area contributed by atoms with Crippen LogP contribution in [0.4, 0.5) is 11.4 Å². The third-order valence-electron chi connectivity index (χ3n) is 3.57. The summed E-state index contributed by atoms with van der Waals surface area (Å²) in [6, 6.07) is 14.1. The summed E-state index contributed by atoms with van der Waals surface area (Å²) >= 11 is 0. The molecule has 0 fully saturated rings. The first-order chi connectivity index (χ1) is 11.4. The van der Waals surface area contributed by atoms with E-state index in [1.54, 1.807) is 30.3 Å². The summed E-state index contributed by atoms with van der Waals surface area (Å²) in [7, 11) is 0. The van der Waals surface area contributed by atoms with Gasteiger partial charge in [0.05, 0.1) is 0 Å². The molecule has 0 bridgehead atoms. The second-order valence-corrected chi connectivity index (χ2v) is 5.63. The summed E-state index contributed by atoms with van der Waals surface area (Å²) < 4.78 is 0. The number of hydrogen-bond donors (Lipinski definition) is 1. The van der Waals surface area contributed by atoms with Gasteiger partial charge in [-0.3, -0.25) is 14.4 Å². The minimum Gasteiger partial charge on any atom is -0.325 e. The first-order valence-electron chi connectivity index (χ1n) is 7.62. The molecule has 5 heteroatoms. The molecular formula is C19H20N2O3. The molecule has 24 heavy (non-hydrogen) atoms. The number of nitrogens with one attached hydrogen (secondary N) is 1. The number of anilines is 2. The van der Waals surface area contributed by atoms with Crippen LogP contribution in [0.15, 0.2) is 48.5 Å². The zero-order valence-electron chi connectivity index (χ0n) is 14.0. The van der Waals surface area contributed by atoms with E-state index in [-0.39, 0.29) is 24.1 Å². The van der Waals surface area contributed by atoms with Crippen molar-refractivity contribution in [2.75, 3.05) is 16.8 Å². The molecule has 1 N–H and O–H groups in total. The summed E-state index contributed by atoms with van der Waals surface area (Å²) in [4.78, 5) is 36.8. The van der Waals surface area contributed by atoms with Crippen molar-refractivity contribution in [2.24, 2.45) is 0 Å². The summed E-state index contributed by atoms with van der Waals surface area (Å²) in [5, 5.41) is 2.73. The van der Waals surface area contributed by atoms with Crippen LogP contribution in [0.1, 0.15) is 29.8 Å². The van der Waals surface area contributed by atoms with Gasteiger partial charge in [-0.05, 0) is 55.8 Å². The Bertz CT molecular complexity index is 766. The van der Waals surface area contributed by atoms with Crippen LogP contribution in [0.2, 0.25) is 0 Å². The maximum atomic E-state index is 12.2. The number of benzene rings is 2. The highest BCUT2D eigenvalue weighted by Gasteiger charge is 2.16. The lowest BCUT2D eigenvalue weighted by Crippen LogP contribution is -2.36. The van der Waals surface area contributed by atoms with Crippen LogP contribution in [-0.4, -0.2) is 24.1 Å². The van der Waals surface area contributed by atoms with Crippen LogP contribution >= 0.6 is 0 Å². The van der Waals surface area contributed by atoms with E-state index in [0.717, 1.165) is 5.56 Å². The monoisotopic (exact) mass is 324 g/mol. The number of rotatable bonds is 5. The fourth-order valence-electron chi connectivity index (χ4n) is 2.31. The molecule has 5 nitrogen and oxygen atoms in total. The van der Waals surface area contributed by atoms with Crippen molar-refractivity contribution < 1.29 is 14.4 Å². The van der Waals surface area contributed by atoms with Crippen LogP contribution in [0.25, 0.3) is 0 Å². The Balaban J connectivity index is 2.08. The predicted octanol–water partition coefficient (Wildman–Crippen LogP) is 3.19. The number of amides is 2. The highest BCUT2D eigenvalue weighted by molar-refractivity contribution is 6.02. The smallest absolute Gasteiger partial charge is 0.244 e. The molecule has 2 aromatic rings. The van der Waals surface area contributed by atoms with E-state index >= 15 is 0 Å². The number of Topliss-reactive ketones (excluding diaryl/α,β-unsaturated/α-hetero) is 1. The lowest BCUT2D eigenvalue weighted by Gasteiger charge is -2.21. The Kier molecular flexibility index (Phi) is 5.47. The SMILES string of the molecule is CC(=O)c1ccc(NC(=O)CN(C(C)=O)c2cccc(C)c2)cc1. The Labute approximate surface area is 141 Å². The normalized spacial score (nSPS) is 10.1. The average molecular weight is 324 g/mol. The van der Waals surface area contributed by atoms with Crippen LogP contribution in [0, 0.1) is 6.92 Å². The van der Waals surface area contributed by atoms with E-state index < -0.39 is 0 Å². The third kappa shape index (κ3) is 4.52. The molecule has 0 aliphatic heterocycles. The van der Waals surface area contributed by atoms with Crippen molar-refractivity contribution in [3.05, 3.63) is 59.7 Å². The summed E-state index contributed by atoms with van der Waals surface area (Å²) in [6.07, 6.45) is 0. The van der Waals surface area contributed by atoms with Gasteiger partial charge in [-0.15, -0.1) is 0 Å². The fraction of sp³-hybridized carbons (Fsp3) is 0.211. The molecule has 2 amide bonds. The van der Waals surface area contributed by atoms with E-state index in [2.05, 4.69) is 5.32 Å². The van der Waals surface area contributed by atoms with Gasteiger partial charge in [-0.2, -0.15) is 0 Å². The van der Waals surface area contributed by atoms with Gasteiger partial charge >= 0.3 is 0 Å². The molecule has 0 radical (unpaired) electrons. The van der Waals surface area contributed by atoms with Crippen molar-refractivity contribution in [1.82, 2.24) is 0 Å². The van der Waals surface area contributed by atoms with Gasteiger partial charge in [0, 0.05) is 23.9 Å². The van der Waals surface area contributed by atoms with Crippen molar-refractivity contribution in [3.63, 3.8) is 0 Å². The molecule has 2 aromatic carbocycles. The van der Waals surface area contributed by atoms with Gasteiger partial charge < -0.3 is 10.2 Å². The maximum Gasteiger partial charge on any atom is 0.244 e. The zero-order valence-corrected chi connectivity index (χ0v) is 14.0. The van der Waals surface area contributed by atoms with Crippen molar-refractivity contribution in [1.29, 1.82) is 0 Å². The summed E-state index contributed by atoms with van der Waals surface area (Å²) in [5.41, 5.74) is 2.86. The number of aryl methyl sites for hydroxylation is 1. The standard InChI is InChI=1S/C19H20N2O3/c1-13-5-4-6-18(11-13)21(15(3)23)12-19(24)20-17-9-7-16(8-10-17)14(2)22/h4-11H,12H2,1-3H3,(H,20,24). The molecule has 0 aliphatic carbocycles. The van der Waals surface area contributed by atoms with Crippen LogP contribution in [-0.2, 0) is 9.59 Å². The summed E-state index contributed by atoms with van der Waals surface area (Å²) in [6.45, 7) is 4.77. The highest BCUT2D eigenvalue weighted by Crippen LogP contribution is 2.16. The number of nitrogens with zero attached hydrogens (tertiary/aromatic N) is 1. The van der Waals surface area contributed by atoms with Gasteiger partial charge in [0.2, 0.25) is 11.8 Å². The Morgan fingerprint density at radius 2 is 1.67 bits per heavy atom. The maximum absolute atomic E-state index is 12.2.